The Labute approximate surface area is 147 Å². The van der Waals surface area contributed by atoms with Gasteiger partial charge in [0.25, 0.3) is 0 Å². The Morgan fingerprint density at radius 2 is 1.54 bits per heavy atom. The minimum Gasteiger partial charge on any atom is -0.384 e. The molecule has 2 aromatic carbocycles. The smallest absolute Gasteiger partial charge is 0.105 e. The van der Waals surface area contributed by atoms with Crippen LogP contribution in [-0.4, -0.2) is 13.2 Å². The van der Waals surface area contributed by atoms with Gasteiger partial charge in [0.15, 0.2) is 0 Å². The maximum absolute atomic E-state index is 11.1. The van der Waals surface area contributed by atoms with Crippen molar-refractivity contribution in [3.8, 4) is 0 Å². The molecule has 2 aromatic rings. The van der Waals surface area contributed by atoms with Crippen LogP contribution < -0.4 is 0 Å². The number of benzene rings is 2. The molecule has 0 saturated heterocycles. The molecule has 2 heteroatoms. The van der Waals surface area contributed by atoms with Crippen LogP contribution in [0.15, 0.2) is 48.5 Å². The predicted octanol–water partition coefficient (Wildman–Crippen LogP) is 5.82. The van der Waals surface area contributed by atoms with E-state index in [2.05, 4.69) is 82.9 Å². The average Bonchev–Trinajstić information content (AvgIpc) is 2.80. The second-order valence-corrected chi connectivity index (χ2v) is 13.9. The van der Waals surface area contributed by atoms with Gasteiger partial charge in [0.05, 0.1) is 8.07 Å². The van der Waals surface area contributed by atoms with Crippen molar-refractivity contribution >= 4 is 18.8 Å². The van der Waals surface area contributed by atoms with Gasteiger partial charge in [-0.1, -0.05) is 88.9 Å². The number of hydrogen-bond donors (Lipinski definition) is 1. The summed E-state index contributed by atoms with van der Waals surface area (Å²) in [7, 11) is -1.63. The molecule has 0 spiro atoms. The highest BCUT2D eigenvalue weighted by molar-refractivity contribution is 6.95. The molecule has 0 bridgehead atoms. The standard InChI is InChI=1S/C22H28OSi/c1-22(2,3)16-12-13-17-18(14-16)21(24(4,5)6)19(20(17)23)15-10-8-7-9-11-15/h7-14,20,23H,1-6H3. The van der Waals surface area contributed by atoms with Crippen LogP contribution in [-0.2, 0) is 5.41 Å². The Kier molecular flexibility index (Phi) is 4.09. The van der Waals surface area contributed by atoms with Crippen LogP contribution in [0, 0.1) is 0 Å². The molecule has 1 N–H and O–H groups in total. The van der Waals surface area contributed by atoms with Gasteiger partial charge in [0, 0.05) is 0 Å². The summed E-state index contributed by atoms with van der Waals surface area (Å²) >= 11 is 0. The molecule has 1 nitrogen and oxygen atoms in total. The molecular weight excluding hydrogens is 308 g/mol. The molecular formula is C22H28OSi. The lowest BCUT2D eigenvalue weighted by atomic mass is 9.85. The molecule has 1 unspecified atom stereocenters. The molecule has 1 atom stereocenters. The first-order chi connectivity index (χ1) is 11.1. The summed E-state index contributed by atoms with van der Waals surface area (Å²) in [5.41, 5.74) is 6.05. The van der Waals surface area contributed by atoms with E-state index in [4.69, 9.17) is 0 Å². The van der Waals surface area contributed by atoms with Crippen LogP contribution in [0.3, 0.4) is 0 Å². The van der Waals surface area contributed by atoms with Gasteiger partial charge >= 0.3 is 0 Å². The van der Waals surface area contributed by atoms with Gasteiger partial charge in [-0.05, 0) is 38.4 Å². The Morgan fingerprint density at radius 1 is 0.917 bits per heavy atom. The number of rotatable bonds is 2. The highest BCUT2D eigenvalue weighted by Crippen LogP contribution is 2.49. The van der Waals surface area contributed by atoms with E-state index < -0.39 is 14.2 Å². The molecule has 0 heterocycles. The lowest BCUT2D eigenvalue weighted by Gasteiger charge is -2.24. The second kappa shape index (κ2) is 5.71. The third kappa shape index (κ3) is 2.89. The van der Waals surface area contributed by atoms with E-state index in [1.165, 1.54) is 16.3 Å². The Bertz CT molecular complexity index is 789. The van der Waals surface area contributed by atoms with Crippen molar-refractivity contribution in [3.05, 3.63) is 70.8 Å². The summed E-state index contributed by atoms with van der Waals surface area (Å²) in [4.78, 5) is 0. The molecule has 0 aromatic heterocycles. The first kappa shape index (κ1) is 17.2. The van der Waals surface area contributed by atoms with Crippen molar-refractivity contribution in [2.45, 2.75) is 51.9 Å². The summed E-state index contributed by atoms with van der Waals surface area (Å²) in [6.07, 6.45) is -0.516. The largest absolute Gasteiger partial charge is 0.384 e. The number of aliphatic hydroxyl groups excluding tert-OH is 1. The van der Waals surface area contributed by atoms with E-state index in [-0.39, 0.29) is 5.41 Å². The van der Waals surface area contributed by atoms with Crippen molar-refractivity contribution in [1.29, 1.82) is 0 Å². The van der Waals surface area contributed by atoms with Crippen molar-refractivity contribution in [2.75, 3.05) is 0 Å². The van der Waals surface area contributed by atoms with Crippen LogP contribution in [0.5, 0.6) is 0 Å². The quantitative estimate of drug-likeness (QED) is 0.685. The normalized spacial score (nSPS) is 18.0. The Morgan fingerprint density at radius 3 is 2.08 bits per heavy atom. The third-order valence-corrected chi connectivity index (χ3v) is 6.90. The molecule has 0 fully saturated rings. The zero-order valence-corrected chi connectivity index (χ0v) is 16.6. The van der Waals surface area contributed by atoms with E-state index in [1.807, 2.05) is 6.07 Å². The molecule has 1 aliphatic carbocycles. The Balaban J connectivity index is 2.29. The third-order valence-electron chi connectivity index (χ3n) is 4.86. The second-order valence-electron chi connectivity index (χ2n) is 8.86. The average molecular weight is 337 g/mol. The maximum Gasteiger partial charge on any atom is 0.105 e. The topological polar surface area (TPSA) is 20.2 Å². The van der Waals surface area contributed by atoms with Gasteiger partial charge in [0.1, 0.15) is 6.10 Å². The summed E-state index contributed by atoms with van der Waals surface area (Å²) in [5, 5.41) is 12.5. The monoisotopic (exact) mass is 336 g/mol. The van der Waals surface area contributed by atoms with Gasteiger partial charge < -0.3 is 5.11 Å². The Hall–Kier alpha value is -1.64. The first-order valence-corrected chi connectivity index (χ1v) is 12.2. The molecule has 126 valence electrons. The summed E-state index contributed by atoms with van der Waals surface area (Å²) in [6, 6.07) is 17.0. The number of hydrogen-bond acceptors (Lipinski definition) is 1. The van der Waals surface area contributed by atoms with E-state index in [0.29, 0.717) is 0 Å². The predicted molar refractivity (Wildman–Crippen MR) is 107 cm³/mol. The van der Waals surface area contributed by atoms with Gasteiger partial charge in [-0.3, -0.25) is 0 Å². The molecule has 0 aliphatic heterocycles. The van der Waals surface area contributed by atoms with Crippen LogP contribution in [0.4, 0.5) is 0 Å². The van der Waals surface area contributed by atoms with Crippen LogP contribution in [0.1, 0.15) is 49.1 Å². The molecule has 1 aliphatic rings. The maximum atomic E-state index is 11.1. The van der Waals surface area contributed by atoms with Gasteiger partial charge in [0.2, 0.25) is 0 Å². The number of fused-ring (bicyclic) bond motifs is 1. The van der Waals surface area contributed by atoms with Crippen LogP contribution in [0.2, 0.25) is 19.6 Å². The summed E-state index contributed by atoms with van der Waals surface area (Å²) < 4.78 is 0. The highest BCUT2D eigenvalue weighted by atomic mass is 28.3. The minimum atomic E-state index is -1.63. The van der Waals surface area contributed by atoms with Crippen molar-refractivity contribution < 1.29 is 5.11 Å². The van der Waals surface area contributed by atoms with Crippen LogP contribution in [0.25, 0.3) is 10.8 Å². The van der Waals surface area contributed by atoms with E-state index >= 15 is 0 Å². The molecule has 0 amide bonds. The minimum absolute atomic E-state index is 0.111. The SMILES string of the molecule is CC(C)(C)c1ccc2c(c1)C([Si](C)(C)C)=C(c1ccccc1)C2O. The molecule has 0 radical (unpaired) electrons. The van der Waals surface area contributed by atoms with E-state index in [1.54, 1.807) is 0 Å². The van der Waals surface area contributed by atoms with E-state index in [0.717, 1.165) is 16.7 Å². The van der Waals surface area contributed by atoms with Gasteiger partial charge in [-0.25, -0.2) is 0 Å². The van der Waals surface area contributed by atoms with Gasteiger partial charge in [-0.15, -0.1) is 0 Å². The van der Waals surface area contributed by atoms with Crippen LogP contribution >= 0.6 is 0 Å². The zero-order chi connectivity index (χ0) is 17.7. The summed E-state index contributed by atoms with van der Waals surface area (Å²) in [5.74, 6) is 0. The molecule has 0 saturated carbocycles. The van der Waals surface area contributed by atoms with Crippen molar-refractivity contribution in [2.24, 2.45) is 0 Å². The fourth-order valence-electron chi connectivity index (χ4n) is 3.64. The lowest BCUT2D eigenvalue weighted by molar-refractivity contribution is 0.241. The molecule has 24 heavy (non-hydrogen) atoms. The zero-order valence-electron chi connectivity index (χ0n) is 15.6. The van der Waals surface area contributed by atoms with Crippen molar-refractivity contribution in [3.63, 3.8) is 0 Å². The fourth-order valence-corrected chi connectivity index (χ4v) is 5.76. The fraction of sp³-hybridized carbons (Fsp3) is 0.364. The first-order valence-electron chi connectivity index (χ1n) is 8.73. The summed E-state index contributed by atoms with van der Waals surface area (Å²) in [6.45, 7) is 13.9. The van der Waals surface area contributed by atoms with Gasteiger partial charge in [-0.2, -0.15) is 0 Å². The van der Waals surface area contributed by atoms with E-state index in [9.17, 15) is 5.11 Å². The van der Waals surface area contributed by atoms with Crippen molar-refractivity contribution in [1.82, 2.24) is 0 Å². The number of aliphatic hydroxyl groups is 1. The highest BCUT2D eigenvalue weighted by Gasteiger charge is 2.37. The lowest BCUT2D eigenvalue weighted by Crippen LogP contribution is -2.23. The molecule has 3 rings (SSSR count).